The second kappa shape index (κ2) is 5.89. The fraction of sp³-hybridized carbons (Fsp3) is 0.533. The van der Waals surface area contributed by atoms with Gasteiger partial charge in [0.1, 0.15) is 5.75 Å². The molecule has 0 atom stereocenters. The molecule has 18 heavy (non-hydrogen) atoms. The maximum atomic E-state index is 10.7. The Labute approximate surface area is 109 Å². The first-order valence-corrected chi connectivity index (χ1v) is 6.30. The number of hydrogen-bond donors (Lipinski definition) is 1. The van der Waals surface area contributed by atoms with E-state index < -0.39 is 5.97 Å². The van der Waals surface area contributed by atoms with Crippen molar-refractivity contribution in [1.82, 2.24) is 0 Å². The molecule has 0 heterocycles. The van der Waals surface area contributed by atoms with Gasteiger partial charge >= 0.3 is 5.97 Å². The van der Waals surface area contributed by atoms with Gasteiger partial charge in [0.2, 0.25) is 0 Å². The van der Waals surface area contributed by atoms with E-state index in [9.17, 15) is 4.79 Å². The van der Waals surface area contributed by atoms with Crippen LogP contribution in [0.5, 0.6) is 5.75 Å². The molecule has 0 spiro atoms. The number of carboxylic acids is 1. The smallest absolute Gasteiger partial charge is 0.303 e. The maximum Gasteiger partial charge on any atom is 0.303 e. The molecule has 0 aliphatic heterocycles. The van der Waals surface area contributed by atoms with Crippen LogP contribution in [0.2, 0.25) is 0 Å². The molecule has 0 aromatic heterocycles. The topological polar surface area (TPSA) is 46.5 Å². The molecule has 0 aliphatic carbocycles. The number of methoxy groups -OCH3 is 1. The Morgan fingerprint density at radius 1 is 1.39 bits per heavy atom. The first-order chi connectivity index (χ1) is 8.40. The summed E-state index contributed by atoms with van der Waals surface area (Å²) in [5.74, 6) is 0.155. The van der Waals surface area contributed by atoms with Gasteiger partial charge in [-0.15, -0.1) is 0 Å². The van der Waals surface area contributed by atoms with Gasteiger partial charge in [-0.25, -0.2) is 0 Å². The van der Waals surface area contributed by atoms with Crippen LogP contribution in [-0.4, -0.2) is 18.2 Å². The van der Waals surface area contributed by atoms with Crippen LogP contribution >= 0.6 is 0 Å². The third kappa shape index (κ3) is 3.49. The van der Waals surface area contributed by atoms with E-state index in [1.807, 2.05) is 12.1 Å². The largest absolute Gasteiger partial charge is 0.496 e. The minimum atomic E-state index is -0.743. The lowest BCUT2D eigenvalue weighted by atomic mass is 9.79. The quantitative estimate of drug-likeness (QED) is 0.841. The van der Waals surface area contributed by atoms with Gasteiger partial charge in [0.15, 0.2) is 0 Å². The average Bonchev–Trinajstić information content (AvgIpc) is 2.35. The van der Waals surface area contributed by atoms with E-state index in [2.05, 4.69) is 26.8 Å². The van der Waals surface area contributed by atoms with Crippen LogP contribution in [0.25, 0.3) is 0 Å². The van der Waals surface area contributed by atoms with E-state index in [4.69, 9.17) is 9.84 Å². The van der Waals surface area contributed by atoms with Crippen molar-refractivity contribution in [3.8, 4) is 5.75 Å². The highest BCUT2D eigenvalue weighted by Crippen LogP contribution is 2.32. The average molecular weight is 250 g/mol. The summed E-state index contributed by atoms with van der Waals surface area (Å²) >= 11 is 0. The molecule has 0 radical (unpaired) electrons. The number of aliphatic carboxylic acids is 1. The van der Waals surface area contributed by atoms with Gasteiger partial charge in [-0.3, -0.25) is 4.79 Å². The number of benzene rings is 1. The highest BCUT2D eigenvalue weighted by Gasteiger charge is 2.22. The number of aryl methyl sites for hydroxylation is 1. The van der Waals surface area contributed by atoms with Crippen LogP contribution in [0, 0.1) is 0 Å². The third-order valence-corrected chi connectivity index (χ3v) is 3.41. The molecule has 3 heteroatoms. The molecular formula is C15H22O3. The summed E-state index contributed by atoms with van der Waals surface area (Å²) in [4.78, 5) is 10.7. The number of ether oxygens (including phenoxy) is 1. The standard InChI is InChI=1S/C15H22O3/c1-5-11-10-12(6-7-13(11)18-4)15(2,3)9-8-14(16)17/h6-7,10H,5,8-9H2,1-4H3,(H,16,17). The van der Waals surface area contributed by atoms with E-state index in [1.165, 1.54) is 11.1 Å². The zero-order valence-electron chi connectivity index (χ0n) is 11.6. The monoisotopic (exact) mass is 250 g/mol. The third-order valence-electron chi connectivity index (χ3n) is 3.41. The van der Waals surface area contributed by atoms with Crippen LogP contribution < -0.4 is 4.74 Å². The van der Waals surface area contributed by atoms with Crippen molar-refractivity contribution in [2.45, 2.75) is 45.4 Å². The van der Waals surface area contributed by atoms with Crippen LogP contribution in [0.15, 0.2) is 18.2 Å². The van der Waals surface area contributed by atoms with Crippen LogP contribution in [-0.2, 0) is 16.6 Å². The molecule has 0 aliphatic rings. The highest BCUT2D eigenvalue weighted by atomic mass is 16.5. The zero-order chi connectivity index (χ0) is 13.8. The molecule has 0 fully saturated rings. The van der Waals surface area contributed by atoms with Gasteiger partial charge in [0.05, 0.1) is 7.11 Å². The fourth-order valence-electron chi connectivity index (χ4n) is 2.04. The molecule has 0 bridgehead atoms. The lowest BCUT2D eigenvalue weighted by molar-refractivity contribution is -0.137. The molecule has 3 nitrogen and oxygen atoms in total. The second-order valence-corrected chi connectivity index (χ2v) is 5.16. The Morgan fingerprint density at radius 2 is 2.06 bits per heavy atom. The molecule has 0 amide bonds. The zero-order valence-corrected chi connectivity index (χ0v) is 11.6. The first-order valence-electron chi connectivity index (χ1n) is 6.30. The van der Waals surface area contributed by atoms with Crippen molar-refractivity contribution >= 4 is 5.97 Å². The van der Waals surface area contributed by atoms with Crippen molar-refractivity contribution in [3.63, 3.8) is 0 Å². The van der Waals surface area contributed by atoms with Crippen LogP contribution in [0.4, 0.5) is 0 Å². The normalized spacial score (nSPS) is 11.3. The summed E-state index contributed by atoms with van der Waals surface area (Å²) in [7, 11) is 1.67. The van der Waals surface area contributed by atoms with Gasteiger partial charge in [0.25, 0.3) is 0 Å². The minimum absolute atomic E-state index is 0.130. The van der Waals surface area contributed by atoms with Crippen molar-refractivity contribution in [2.24, 2.45) is 0 Å². The van der Waals surface area contributed by atoms with Gasteiger partial charge < -0.3 is 9.84 Å². The number of hydrogen-bond acceptors (Lipinski definition) is 2. The summed E-state index contributed by atoms with van der Waals surface area (Å²) in [5, 5.41) is 8.79. The number of rotatable bonds is 6. The Hall–Kier alpha value is -1.51. The molecule has 1 rings (SSSR count). The van der Waals surface area contributed by atoms with Gasteiger partial charge in [-0.05, 0) is 35.4 Å². The van der Waals surface area contributed by atoms with Crippen molar-refractivity contribution in [1.29, 1.82) is 0 Å². The Kier molecular flexibility index (Phi) is 4.76. The van der Waals surface area contributed by atoms with E-state index in [-0.39, 0.29) is 11.8 Å². The molecule has 1 aromatic carbocycles. The Morgan fingerprint density at radius 3 is 2.56 bits per heavy atom. The summed E-state index contributed by atoms with van der Waals surface area (Å²) in [6.45, 7) is 6.25. The number of carboxylic acid groups (broad SMARTS) is 1. The molecule has 0 unspecified atom stereocenters. The summed E-state index contributed by atoms with van der Waals surface area (Å²) < 4.78 is 5.31. The van der Waals surface area contributed by atoms with Crippen molar-refractivity contribution in [3.05, 3.63) is 29.3 Å². The molecular weight excluding hydrogens is 228 g/mol. The van der Waals surface area contributed by atoms with E-state index in [0.717, 1.165) is 12.2 Å². The van der Waals surface area contributed by atoms with E-state index >= 15 is 0 Å². The van der Waals surface area contributed by atoms with Gasteiger partial charge in [-0.1, -0.05) is 32.9 Å². The van der Waals surface area contributed by atoms with E-state index in [0.29, 0.717) is 6.42 Å². The summed E-state index contributed by atoms with van der Waals surface area (Å²) in [6.07, 6.45) is 1.74. The van der Waals surface area contributed by atoms with Gasteiger partial charge in [0, 0.05) is 6.42 Å². The van der Waals surface area contributed by atoms with Crippen LogP contribution in [0.1, 0.15) is 44.7 Å². The van der Waals surface area contributed by atoms with Crippen molar-refractivity contribution in [2.75, 3.05) is 7.11 Å². The molecule has 0 saturated heterocycles. The maximum absolute atomic E-state index is 10.7. The summed E-state index contributed by atoms with van der Waals surface area (Å²) in [6, 6.07) is 6.12. The second-order valence-electron chi connectivity index (χ2n) is 5.16. The molecule has 1 aromatic rings. The molecule has 100 valence electrons. The molecule has 1 N–H and O–H groups in total. The predicted molar refractivity (Wildman–Crippen MR) is 72.3 cm³/mol. The van der Waals surface area contributed by atoms with Crippen LogP contribution in [0.3, 0.4) is 0 Å². The Bertz CT molecular complexity index is 422. The molecule has 0 saturated carbocycles. The predicted octanol–water partition coefficient (Wildman–Crippen LogP) is 3.40. The first kappa shape index (κ1) is 14.6. The minimum Gasteiger partial charge on any atom is -0.496 e. The fourth-order valence-corrected chi connectivity index (χ4v) is 2.04. The van der Waals surface area contributed by atoms with Gasteiger partial charge in [-0.2, -0.15) is 0 Å². The number of carbonyl (C=O) groups is 1. The highest BCUT2D eigenvalue weighted by molar-refractivity contribution is 5.66. The SMILES string of the molecule is CCc1cc(C(C)(C)CCC(=O)O)ccc1OC. The van der Waals surface area contributed by atoms with E-state index in [1.54, 1.807) is 7.11 Å². The lowest BCUT2D eigenvalue weighted by Crippen LogP contribution is -2.19. The summed E-state index contributed by atoms with van der Waals surface area (Å²) in [5.41, 5.74) is 2.20. The lowest BCUT2D eigenvalue weighted by Gasteiger charge is -2.25. The Balaban J connectivity index is 2.97. The van der Waals surface area contributed by atoms with Crippen molar-refractivity contribution < 1.29 is 14.6 Å².